The second-order valence-electron chi connectivity index (χ2n) is 12.6. The first kappa shape index (κ1) is 41.1. The molecule has 276 valence electrons. The van der Waals surface area contributed by atoms with Crippen LogP contribution in [-0.2, 0) is 43.0 Å². The van der Waals surface area contributed by atoms with Gasteiger partial charge in [-0.1, -0.05) is 71.4 Å². The van der Waals surface area contributed by atoms with Crippen LogP contribution in [-0.4, -0.2) is 108 Å². The molecule has 17 heteroatoms. The van der Waals surface area contributed by atoms with E-state index in [1.54, 1.807) is 51.1 Å². The average Bonchev–Trinajstić information content (AvgIpc) is 3.50. The molecular weight excluding hydrogens is 656 g/mol. The highest BCUT2D eigenvalue weighted by Gasteiger charge is 2.44. The number of rotatable bonds is 19. The fraction of sp³-hybridized carbons (Fsp3) is 0.576. The van der Waals surface area contributed by atoms with Crippen molar-refractivity contribution in [2.24, 2.45) is 17.6 Å². The van der Waals surface area contributed by atoms with Gasteiger partial charge in [0.2, 0.25) is 29.4 Å². The Morgan fingerprint density at radius 2 is 1.64 bits per heavy atom. The number of ketones is 1. The third kappa shape index (κ3) is 12.8. The summed E-state index contributed by atoms with van der Waals surface area (Å²) in [6.07, 6.45) is -1.44. The molecule has 1 aromatic rings. The van der Waals surface area contributed by atoms with Crippen LogP contribution in [0.4, 0.5) is 4.79 Å². The molecule has 0 spiro atoms. The molecule has 1 fully saturated rings. The summed E-state index contributed by atoms with van der Waals surface area (Å²) in [7, 11) is 0. The zero-order valence-electron chi connectivity index (χ0n) is 28.9. The Morgan fingerprint density at radius 1 is 0.980 bits per heavy atom. The van der Waals surface area contributed by atoms with Gasteiger partial charge in [0.1, 0.15) is 24.7 Å². The Balaban J connectivity index is 2.17. The number of hydrogen-bond donors (Lipinski definition) is 6. The minimum Gasteiger partial charge on any atom is -0.480 e. The second-order valence-corrected chi connectivity index (χ2v) is 12.6. The van der Waals surface area contributed by atoms with Gasteiger partial charge in [-0.15, -0.1) is 0 Å². The van der Waals surface area contributed by atoms with E-state index in [1.165, 1.54) is 0 Å². The third-order valence-corrected chi connectivity index (χ3v) is 7.61. The van der Waals surface area contributed by atoms with Gasteiger partial charge in [-0.3, -0.25) is 28.8 Å². The topological polar surface area (TPSA) is 253 Å². The molecule has 17 nitrogen and oxygen atoms in total. The summed E-state index contributed by atoms with van der Waals surface area (Å²) in [5, 5.41) is 18.7. The van der Waals surface area contributed by atoms with Gasteiger partial charge in [-0.2, -0.15) is 0 Å². The molecule has 6 amide bonds. The number of primary amides is 1. The molecule has 5 atom stereocenters. The summed E-state index contributed by atoms with van der Waals surface area (Å²) < 4.78 is 10.5. The summed E-state index contributed by atoms with van der Waals surface area (Å²) >= 11 is 0. The number of carbonyl (C=O) groups is 8. The average molecular weight is 705 g/mol. The van der Waals surface area contributed by atoms with Gasteiger partial charge in [-0.05, 0) is 23.8 Å². The van der Waals surface area contributed by atoms with E-state index in [0.717, 1.165) is 4.90 Å². The molecule has 0 saturated carbocycles. The second kappa shape index (κ2) is 19.8. The molecule has 50 heavy (non-hydrogen) atoms. The van der Waals surface area contributed by atoms with Gasteiger partial charge < -0.3 is 46.5 Å². The number of carboxylic acids is 1. The number of ether oxygens (including phenoxy) is 2. The molecule has 7 N–H and O–H groups in total. The van der Waals surface area contributed by atoms with E-state index in [1.807, 2.05) is 13.8 Å². The van der Waals surface area contributed by atoms with Gasteiger partial charge in [0.15, 0.2) is 0 Å². The van der Waals surface area contributed by atoms with Crippen LogP contribution in [0.25, 0.3) is 0 Å². The Bertz CT molecular complexity index is 1390. The lowest BCUT2D eigenvalue weighted by atomic mass is 10.0. The largest absolute Gasteiger partial charge is 0.480 e. The number of carboxylic acid groups (broad SMARTS) is 1. The van der Waals surface area contributed by atoms with Crippen LogP contribution in [0.2, 0.25) is 0 Å². The lowest BCUT2D eigenvalue weighted by molar-refractivity contribution is -0.144. The van der Waals surface area contributed by atoms with Crippen LogP contribution in [0, 0.1) is 11.8 Å². The number of nitrogens with one attached hydrogen (secondary N) is 4. The molecule has 1 aromatic carbocycles. The van der Waals surface area contributed by atoms with E-state index >= 15 is 0 Å². The highest BCUT2D eigenvalue weighted by molar-refractivity contribution is 6.38. The Kier molecular flexibility index (Phi) is 16.3. The van der Waals surface area contributed by atoms with Crippen molar-refractivity contribution in [2.75, 3.05) is 26.3 Å². The van der Waals surface area contributed by atoms with Gasteiger partial charge in [0, 0.05) is 13.0 Å². The summed E-state index contributed by atoms with van der Waals surface area (Å²) in [4.78, 5) is 103. The maximum atomic E-state index is 13.8. The number of amides is 6. The summed E-state index contributed by atoms with van der Waals surface area (Å²) in [5.74, 6) is -7.02. The molecule has 2 rings (SSSR count). The van der Waals surface area contributed by atoms with E-state index in [9.17, 15) is 38.4 Å². The fourth-order valence-corrected chi connectivity index (χ4v) is 5.11. The molecule has 1 saturated heterocycles. The number of nitrogens with two attached hydrogens (primary N) is 1. The van der Waals surface area contributed by atoms with E-state index < -0.39 is 96.7 Å². The summed E-state index contributed by atoms with van der Waals surface area (Å²) in [6.45, 7) is 7.31. The summed E-state index contributed by atoms with van der Waals surface area (Å²) in [5.41, 5.74) is 5.83. The van der Waals surface area contributed by atoms with Gasteiger partial charge in [0.05, 0.1) is 25.3 Å². The zero-order valence-corrected chi connectivity index (χ0v) is 28.9. The van der Waals surface area contributed by atoms with Crippen molar-refractivity contribution in [3.63, 3.8) is 0 Å². The highest BCUT2D eigenvalue weighted by Crippen LogP contribution is 2.24. The van der Waals surface area contributed by atoms with Gasteiger partial charge >= 0.3 is 12.1 Å². The first-order chi connectivity index (χ1) is 23.5. The molecule has 1 aliphatic heterocycles. The summed E-state index contributed by atoms with van der Waals surface area (Å²) in [6, 6.07) is 3.27. The predicted octanol–water partition coefficient (Wildman–Crippen LogP) is -0.223. The lowest BCUT2D eigenvalue weighted by Gasteiger charge is -2.31. The molecule has 5 unspecified atom stereocenters. The quantitative estimate of drug-likeness (QED) is 0.103. The normalized spacial score (nSPS) is 17.3. The zero-order chi connectivity index (χ0) is 37.5. The van der Waals surface area contributed by atoms with E-state index in [-0.39, 0.29) is 31.9 Å². The molecule has 0 radical (unpaired) electrons. The highest BCUT2D eigenvalue weighted by atomic mass is 16.5. The Morgan fingerprint density at radius 3 is 2.20 bits per heavy atom. The van der Waals surface area contributed by atoms with Gasteiger partial charge in [-0.25, -0.2) is 9.59 Å². The van der Waals surface area contributed by atoms with Crippen LogP contribution in [0.5, 0.6) is 0 Å². The molecule has 1 heterocycles. The number of aliphatic carboxylic acids is 1. The molecular formula is C33H48N6O11. The van der Waals surface area contributed by atoms with Crippen LogP contribution in [0.15, 0.2) is 30.3 Å². The van der Waals surface area contributed by atoms with Crippen molar-refractivity contribution < 1.29 is 52.9 Å². The van der Waals surface area contributed by atoms with Crippen molar-refractivity contribution in [2.45, 2.75) is 84.2 Å². The monoisotopic (exact) mass is 704 g/mol. The number of hydrogen-bond acceptors (Lipinski definition) is 10. The van der Waals surface area contributed by atoms with Crippen LogP contribution in [0.1, 0.15) is 65.5 Å². The number of alkyl carbamates (subject to hydrolysis) is 1. The van der Waals surface area contributed by atoms with Crippen molar-refractivity contribution >= 4 is 47.4 Å². The third-order valence-electron chi connectivity index (χ3n) is 7.61. The van der Waals surface area contributed by atoms with Crippen LogP contribution < -0.4 is 27.0 Å². The molecule has 0 aromatic heterocycles. The maximum Gasteiger partial charge on any atom is 0.407 e. The van der Waals surface area contributed by atoms with Crippen LogP contribution >= 0.6 is 0 Å². The number of likely N-dealkylation sites (tertiary alicyclic amines) is 1. The van der Waals surface area contributed by atoms with Crippen LogP contribution in [0.3, 0.4) is 0 Å². The maximum absolute atomic E-state index is 13.8. The Labute approximate surface area is 290 Å². The molecule has 0 aliphatic carbocycles. The van der Waals surface area contributed by atoms with Crippen molar-refractivity contribution in [1.82, 2.24) is 26.2 Å². The standard InChI is InChI=1S/C33H48N6O11/c1-6-10-22(28(43)31(46)35-14-24(40)37-27(29(34)44)20-11-8-7-9-12-20)36-30(45)23-13-21(49-17-25(41)42)15-39(23)32(47)26(19(4)5)38-33(48)50-16-18(2)3/h7-9,11-12,18-19,21-23,26-27H,6,10,13-17H2,1-5H3,(H2,34,44)(H,35,46)(H,36,45)(H,37,40)(H,38,48)(H,41,42). The van der Waals surface area contributed by atoms with E-state index in [4.69, 9.17) is 20.3 Å². The Hall–Kier alpha value is -5.06. The number of carbonyl (C=O) groups excluding carboxylic acids is 7. The van der Waals surface area contributed by atoms with E-state index in [0.29, 0.717) is 12.0 Å². The van der Waals surface area contributed by atoms with Crippen molar-refractivity contribution in [1.29, 1.82) is 0 Å². The first-order valence-electron chi connectivity index (χ1n) is 16.4. The fourth-order valence-electron chi connectivity index (χ4n) is 5.11. The van der Waals surface area contributed by atoms with Crippen molar-refractivity contribution in [3.8, 4) is 0 Å². The number of benzene rings is 1. The SMILES string of the molecule is CCCC(NC(=O)C1CC(OCC(=O)O)CN1C(=O)C(NC(=O)OCC(C)C)C(C)C)C(=O)C(=O)NCC(=O)NC(C(N)=O)c1ccccc1. The molecule has 0 bridgehead atoms. The number of Topliss-reactive ketones (excluding diaryl/α,β-unsaturated/α-hetero) is 1. The smallest absolute Gasteiger partial charge is 0.407 e. The first-order valence-corrected chi connectivity index (χ1v) is 16.4. The molecule has 1 aliphatic rings. The number of nitrogens with zero attached hydrogens (tertiary/aromatic N) is 1. The minimum atomic E-state index is -1.35. The van der Waals surface area contributed by atoms with Gasteiger partial charge in [0.25, 0.3) is 5.91 Å². The minimum absolute atomic E-state index is 0.0272. The van der Waals surface area contributed by atoms with E-state index in [2.05, 4.69) is 21.3 Å². The lowest BCUT2D eigenvalue weighted by Crippen LogP contribution is -2.57. The van der Waals surface area contributed by atoms with Crippen molar-refractivity contribution in [3.05, 3.63) is 35.9 Å². The predicted molar refractivity (Wildman–Crippen MR) is 177 cm³/mol.